The van der Waals surface area contributed by atoms with Crippen molar-refractivity contribution in [1.82, 2.24) is 4.90 Å². The van der Waals surface area contributed by atoms with Gasteiger partial charge >= 0.3 is 0 Å². The van der Waals surface area contributed by atoms with Gasteiger partial charge in [-0.25, -0.2) is 0 Å². The Morgan fingerprint density at radius 3 is 2.76 bits per heavy atom. The number of nitrogens with zero attached hydrogens (tertiary/aromatic N) is 1. The lowest BCUT2D eigenvalue weighted by atomic mass is 9.90. The first-order chi connectivity index (χ1) is 10.1. The maximum atomic E-state index is 11.9. The minimum absolute atomic E-state index is 0.0539. The van der Waals surface area contributed by atoms with E-state index in [0.717, 1.165) is 43.9 Å². The summed E-state index contributed by atoms with van der Waals surface area (Å²) in [5.41, 5.74) is 1.27. The number of hydrogen-bond acceptors (Lipinski definition) is 3. The van der Waals surface area contributed by atoms with Gasteiger partial charge in [0, 0.05) is 13.1 Å². The number of carbonyl (C=O) groups is 1. The molecule has 0 bridgehead atoms. The third-order valence-electron chi connectivity index (χ3n) is 4.23. The van der Waals surface area contributed by atoms with E-state index in [1.165, 1.54) is 5.56 Å². The second-order valence-corrected chi connectivity index (χ2v) is 6.43. The Morgan fingerprint density at radius 1 is 1.33 bits per heavy atom. The number of rotatable bonds is 3. The molecule has 114 valence electrons. The fraction of sp³-hybridized carbons (Fsp3) is 0.562. The zero-order chi connectivity index (χ0) is 14.8. The highest BCUT2D eigenvalue weighted by molar-refractivity contribution is 6.30. The molecule has 0 aromatic heterocycles. The van der Waals surface area contributed by atoms with Crippen LogP contribution in [0.5, 0.6) is 11.5 Å². The molecular formula is C16H20ClNO3. The van der Waals surface area contributed by atoms with Crippen molar-refractivity contribution >= 4 is 17.5 Å². The highest BCUT2D eigenvalue weighted by Gasteiger charge is 2.25. The van der Waals surface area contributed by atoms with Gasteiger partial charge in [0.05, 0.1) is 0 Å². The fourth-order valence-corrected chi connectivity index (χ4v) is 3.15. The quantitative estimate of drug-likeness (QED) is 0.806. The number of ether oxygens (including phenoxy) is 2. The topological polar surface area (TPSA) is 38.8 Å². The van der Waals surface area contributed by atoms with Crippen molar-refractivity contribution in [3.63, 3.8) is 0 Å². The number of amides is 1. The summed E-state index contributed by atoms with van der Waals surface area (Å²) < 4.78 is 10.7. The average Bonchev–Trinajstić information content (AvgIpc) is 2.95. The van der Waals surface area contributed by atoms with Gasteiger partial charge < -0.3 is 14.4 Å². The summed E-state index contributed by atoms with van der Waals surface area (Å²) in [6.07, 6.45) is 3.09. The molecule has 3 rings (SSSR count). The number of benzene rings is 1. The van der Waals surface area contributed by atoms with Gasteiger partial charge in [-0.05, 0) is 49.8 Å². The van der Waals surface area contributed by atoms with Crippen LogP contribution in [0.2, 0.25) is 0 Å². The van der Waals surface area contributed by atoms with Crippen LogP contribution in [0.4, 0.5) is 0 Å². The number of halogens is 1. The Kier molecular flexibility index (Phi) is 4.24. The number of likely N-dealkylation sites (tertiary alicyclic amines) is 1. The van der Waals surface area contributed by atoms with E-state index in [0.29, 0.717) is 12.7 Å². The second-order valence-electron chi connectivity index (χ2n) is 5.78. The monoisotopic (exact) mass is 309 g/mol. The zero-order valence-corrected chi connectivity index (χ0v) is 12.9. The molecule has 1 fully saturated rings. The molecule has 1 amide bonds. The summed E-state index contributed by atoms with van der Waals surface area (Å²) in [5.74, 6) is 2.34. The van der Waals surface area contributed by atoms with E-state index < -0.39 is 5.38 Å². The molecule has 0 saturated carbocycles. The van der Waals surface area contributed by atoms with Crippen molar-refractivity contribution in [3.8, 4) is 11.5 Å². The minimum Gasteiger partial charge on any atom is -0.454 e. The van der Waals surface area contributed by atoms with Gasteiger partial charge in [-0.2, -0.15) is 0 Å². The Morgan fingerprint density at radius 2 is 2.05 bits per heavy atom. The van der Waals surface area contributed by atoms with E-state index in [2.05, 4.69) is 12.1 Å². The van der Waals surface area contributed by atoms with E-state index in [4.69, 9.17) is 21.1 Å². The smallest absolute Gasteiger partial charge is 0.240 e. The molecule has 1 aromatic carbocycles. The van der Waals surface area contributed by atoms with Gasteiger partial charge in [0.25, 0.3) is 0 Å². The lowest BCUT2D eigenvalue weighted by Gasteiger charge is -2.32. The Labute approximate surface area is 130 Å². The molecule has 2 heterocycles. The largest absolute Gasteiger partial charge is 0.454 e. The summed E-state index contributed by atoms with van der Waals surface area (Å²) in [6.45, 7) is 3.68. The van der Waals surface area contributed by atoms with Crippen LogP contribution in [0.25, 0.3) is 0 Å². The number of fused-ring (bicyclic) bond motifs is 1. The van der Waals surface area contributed by atoms with Crippen LogP contribution >= 0.6 is 11.6 Å². The molecule has 2 aliphatic rings. The van der Waals surface area contributed by atoms with Crippen molar-refractivity contribution in [1.29, 1.82) is 0 Å². The number of alkyl halides is 1. The Bertz CT molecular complexity index is 524. The van der Waals surface area contributed by atoms with Gasteiger partial charge in [-0.3, -0.25) is 4.79 Å². The first-order valence-electron chi connectivity index (χ1n) is 7.45. The first kappa shape index (κ1) is 14.5. The number of piperidine rings is 1. The van der Waals surface area contributed by atoms with E-state index in [1.807, 2.05) is 11.0 Å². The Balaban J connectivity index is 1.55. The van der Waals surface area contributed by atoms with Gasteiger partial charge in [0.1, 0.15) is 5.38 Å². The molecule has 2 aliphatic heterocycles. The summed E-state index contributed by atoms with van der Waals surface area (Å²) in [4.78, 5) is 13.7. The van der Waals surface area contributed by atoms with Gasteiger partial charge in [-0.15, -0.1) is 11.6 Å². The highest BCUT2D eigenvalue weighted by Crippen LogP contribution is 2.34. The minimum atomic E-state index is -0.421. The van der Waals surface area contributed by atoms with Crippen LogP contribution < -0.4 is 9.47 Å². The normalized spacial score (nSPS) is 19.6. The summed E-state index contributed by atoms with van der Waals surface area (Å²) in [5, 5.41) is -0.421. The van der Waals surface area contributed by atoms with Crippen LogP contribution in [0.15, 0.2) is 18.2 Å². The standard InChI is InChI=1S/C16H20ClNO3/c1-11(17)16(19)18-6-4-12(5-7-18)8-13-2-3-14-15(9-13)21-10-20-14/h2-3,9,11-12H,4-8,10H2,1H3/t11-/m0/s1. The zero-order valence-electron chi connectivity index (χ0n) is 12.2. The molecule has 4 nitrogen and oxygen atoms in total. The van der Waals surface area contributed by atoms with Crippen LogP contribution in [-0.2, 0) is 11.2 Å². The first-order valence-corrected chi connectivity index (χ1v) is 7.88. The van der Waals surface area contributed by atoms with Crippen LogP contribution in [0.3, 0.4) is 0 Å². The van der Waals surface area contributed by atoms with Crippen LogP contribution in [-0.4, -0.2) is 36.1 Å². The van der Waals surface area contributed by atoms with Crippen molar-refractivity contribution in [2.45, 2.75) is 31.6 Å². The molecule has 0 aliphatic carbocycles. The third-order valence-corrected chi connectivity index (χ3v) is 4.41. The van der Waals surface area contributed by atoms with E-state index >= 15 is 0 Å². The molecule has 0 N–H and O–H groups in total. The maximum absolute atomic E-state index is 11.9. The number of carbonyl (C=O) groups excluding carboxylic acids is 1. The fourth-order valence-electron chi connectivity index (χ4n) is 3.01. The Hall–Kier alpha value is -1.42. The molecule has 5 heteroatoms. The van der Waals surface area contributed by atoms with E-state index in [1.54, 1.807) is 6.92 Å². The maximum Gasteiger partial charge on any atom is 0.240 e. The van der Waals surface area contributed by atoms with Crippen molar-refractivity contribution < 1.29 is 14.3 Å². The van der Waals surface area contributed by atoms with Crippen molar-refractivity contribution in [2.24, 2.45) is 5.92 Å². The number of hydrogen-bond donors (Lipinski definition) is 0. The van der Waals surface area contributed by atoms with E-state index in [-0.39, 0.29) is 5.91 Å². The molecule has 0 spiro atoms. The van der Waals surface area contributed by atoms with Crippen molar-refractivity contribution in [2.75, 3.05) is 19.9 Å². The summed E-state index contributed by atoms with van der Waals surface area (Å²) >= 11 is 5.86. The predicted octanol–water partition coefficient (Wildman–Crippen LogP) is 2.82. The second kappa shape index (κ2) is 6.14. The molecule has 0 radical (unpaired) electrons. The molecule has 1 saturated heterocycles. The predicted molar refractivity (Wildman–Crippen MR) is 80.9 cm³/mol. The van der Waals surface area contributed by atoms with Gasteiger partial charge in [0.2, 0.25) is 12.7 Å². The molecular weight excluding hydrogens is 290 g/mol. The lowest BCUT2D eigenvalue weighted by molar-refractivity contribution is -0.131. The molecule has 1 aromatic rings. The summed E-state index contributed by atoms with van der Waals surface area (Å²) in [7, 11) is 0. The van der Waals surface area contributed by atoms with Crippen molar-refractivity contribution in [3.05, 3.63) is 23.8 Å². The van der Waals surface area contributed by atoms with Gasteiger partial charge in [-0.1, -0.05) is 6.07 Å². The van der Waals surface area contributed by atoms with Crippen LogP contribution in [0.1, 0.15) is 25.3 Å². The van der Waals surface area contributed by atoms with Crippen LogP contribution in [0, 0.1) is 5.92 Å². The lowest BCUT2D eigenvalue weighted by Crippen LogP contribution is -2.41. The third kappa shape index (κ3) is 3.26. The SMILES string of the molecule is C[C@H](Cl)C(=O)N1CCC(Cc2ccc3c(c2)OCO3)CC1. The molecule has 1 atom stereocenters. The summed E-state index contributed by atoms with van der Waals surface area (Å²) in [6, 6.07) is 6.15. The molecule has 0 unspecified atom stereocenters. The molecule has 21 heavy (non-hydrogen) atoms. The van der Waals surface area contributed by atoms with Gasteiger partial charge in [0.15, 0.2) is 11.5 Å². The average molecular weight is 310 g/mol. The van der Waals surface area contributed by atoms with E-state index in [9.17, 15) is 4.79 Å². The highest BCUT2D eigenvalue weighted by atomic mass is 35.5.